The molecule has 9 heteroatoms. The molecule has 1 heterocycles. The second-order valence-electron chi connectivity index (χ2n) is 5.41. The molecule has 2 aromatic carbocycles. The van der Waals surface area contributed by atoms with Gasteiger partial charge in [0.25, 0.3) is 0 Å². The number of primary sulfonamides is 1. The number of nitrogens with zero attached hydrogens (tertiary/aromatic N) is 3. The minimum Gasteiger partial charge on any atom is -0.493 e. The predicted octanol–water partition coefficient (Wildman–Crippen LogP) is 2.39. The van der Waals surface area contributed by atoms with E-state index in [2.05, 4.69) is 10.2 Å². The Morgan fingerprint density at radius 3 is 2.42 bits per heavy atom. The summed E-state index contributed by atoms with van der Waals surface area (Å²) in [6.45, 7) is 2.35. The van der Waals surface area contributed by atoms with Crippen LogP contribution in [-0.4, -0.2) is 35.5 Å². The normalized spacial score (nSPS) is 11.5. The Morgan fingerprint density at radius 2 is 1.77 bits per heavy atom. The zero-order valence-corrected chi connectivity index (χ0v) is 15.7. The van der Waals surface area contributed by atoms with E-state index in [0.29, 0.717) is 18.1 Å². The van der Waals surface area contributed by atoms with Gasteiger partial charge >= 0.3 is 0 Å². The van der Waals surface area contributed by atoms with Crippen LogP contribution in [0.15, 0.2) is 64.6 Å². The summed E-state index contributed by atoms with van der Waals surface area (Å²) in [6.07, 6.45) is 0. The first-order valence-corrected chi connectivity index (χ1v) is 10.3. The Balaban J connectivity index is 1.58. The molecule has 0 spiro atoms. The third-order valence-electron chi connectivity index (χ3n) is 3.55. The molecule has 0 unspecified atom stereocenters. The molecule has 0 bridgehead atoms. The van der Waals surface area contributed by atoms with Gasteiger partial charge in [-0.15, -0.1) is 10.2 Å². The van der Waals surface area contributed by atoms with Gasteiger partial charge in [0.1, 0.15) is 11.6 Å². The Morgan fingerprint density at radius 1 is 1.08 bits per heavy atom. The summed E-state index contributed by atoms with van der Waals surface area (Å²) in [5.41, 5.74) is 1.01. The molecule has 3 rings (SSSR count). The zero-order valence-electron chi connectivity index (χ0n) is 14.1. The molecule has 1 aromatic heterocycles. The van der Waals surface area contributed by atoms with Crippen LogP contribution in [0.3, 0.4) is 0 Å². The minimum atomic E-state index is -3.69. The number of rotatable bonds is 7. The lowest BCUT2D eigenvalue weighted by molar-refractivity contribution is 0.343. The SMILES string of the molecule is Cc1nnc(SCCOc2ccc(S(N)(=O)=O)cc2)n1-c1ccccc1. The molecular weight excluding hydrogens is 372 g/mol. The van der Waals surface area contributed by atoms with Gasteiger partial charge in [0.2, 0.25) is 10.0 Å². The lowest BCUT2D eigenvalue weighted by Crippen LogP contribution is -2.11. The fraction of sp³-hybridized carbons (Fsp3) is 0.176. The lowest BCUT2D eigenvalue weighted by atomic mass is 10.3. The van der Waals surface area contributed by atoms with Crippen molar-refractivity contribution in [1.29, 1.82) is 0 Å². The van der Waals surface area contributed by atoms with Gasteiger partial charge in [-0.05, 0) is 43.3 Å². The molecule has 136 valence electrons. The van der Waals surface area contributed by atoms with Crippen molar-refractivity contribution in [2.45, 2.75) is 17.0 Å². The van der Waals surface area contributed by atoms with Gasteiger partial charge in [-0.25, -0.2) is 13.6 Å². The molecule has 0 radical (unpaired) electrons. The molecule has 0 amide bonds. The van der Waals surface area contributed by atoms with E-state index in [1.807, 2.05) is 41.8 Å². The van der Waals surface area contributed by atoms with Gasteiger partial charge in [-0.3, -0.25) is 4.57 Å². The molecule has 0 saturated heterocycles. The third-order valence-corrected chi connectivity index (χ3v) is 5.37. The van der Waals surface area contributed by atoms with Crippen molar-refractivity contribution in [2.24, 2.45) is 5.14 Å². The van der Waals surface area contributed by atoms with Gasteiger partial charge in [0.05, 0.1) is 11.5 Å². The van der Waals surface area contributed by atoms with E-state index in [1.165, 1.54) is 23.9 Å². The van der Waals surface area contributed by atoms with Gasteiger partial charge in [-0.1, -0.05) is 30.0 Å². The Bertz CT molecular complexity index is 971. The number of hydrogen-bond acceptors (Lipinski definition) is 6. The van der Waals surface area contributed by atoms with Crippen LogP contribution >= 0.6 is 11.8 Å². The van der Waals surface area contributed by atoms with Crippen LogP contribution in [0.2, 0.25) is 0 Å². The summed E-state index contributed by atoms with van der Waals surface area (Å²) >= 11 is 1.54. The molecule has 0 aliphatic rings. The van der Waals surface area contributed by atoms with E-state index in [1.54, 1.807) is 12.1 Å². The zero-order chi connectivity index (χ0) is 18.6. The number of aromatic nitrogens is 3. The minimum absolute atomic E-state index is 0.0608. The number of hydrogen-bond donors (Lipinski definition) is 1. The van der Waals surface area contributed by atoms with Crippen LogP contribution < -0.4 is 9.88 Å². The highest BCUT2D eigenvalue weighted by Gasteiger charge is 2.11. The van der Waals surface area contributed by atoms with E-state index in [9.17, 15) is 8.42 Å². The van der Waals surface area contributed by atoms with Crippen LogP contribution in [0.5, 0.6) is 5.75 Å². The number of aryl methyl sites for hydroxylation is 1. The topological polar surface area (TPSA) is 100 Å². The number of sulfonamides is 1. The largest absolute Gasteiger partial charge is 0.493 e. The van der Waals surface area contributed by atoms with Crippen LogP contribution in [-0.2, 0) is 10.0 Å². The number of thioether (sulfide) groups is 1. The summed E-state index contributed by atoms with van der Waals surface area (Å²) in [5.74, 6) is 2.07. The maximum Gasteiger partial charge on any atom is 0.238 e. The maximum atomic E-state index is 11.2. The average molecular weight is 390 g/mol. The Labute approximate surface area is 156 Å². The van der Waals surface area contributed by atoms with Crippen molar-refractivity contribution in [3.05, 3.63) is 60.4 Å². The highest BCUT2D eigenvalue weighted by Crippen LogP contribution is 2.22. The van der Waals surface area contributed by atoms with Crippen molar-refractivity contribution in [3.8, 4) is 11.4 Å². The van der Waals surface area contributed by atoms with Crippen molar-refractivity contribution < 1.29 is 13.2 Å². The first kappa shape index (κ1) is 18.4. The van der Waals surface area contributed by atoms with Crippen molar-refractivity contribution >= 4 is 21.8 Å². The third kappa shape index (κ3) is 4.43. The maximum absolute atomic E-state index is 11.2. The highest BCUT2D eigenvalue weighted by atomic mass is 32.2. The molecule has 26 heavy (non-hydrogen) atoms. The summed E-state index contributed by atoms with van der Waals surface area (Å²) in [5, 5.41) is 14.2. The van der Waals surface area contributed by atoms with Crippen molar-refractivity contribution in [2.75, 3.05) is 12.4 Å². The molecular formula is C17H18N4O3S2. The predicted molar refractivity (Wildman–Crippen MR) is 100 cm³/mol. The van der Waals surface area contributed by atoms with Crippen molar-refractivity contribution in [1.82, 2.24) is 14.8 Å². The molecule has 0 aliphatic heterocycles. The van der Waals surface area contributed by atoms with Gasteiger partial charge in [0, 0.05) is 11.4 Å². The van der Waals surface area contributed by atoms with Crippen LogP contribution in [0.4, 0.5) is 0 Å². The second-order valence-corrected chi connectivity index (χ2v) is 8.04. The Kier molecular flexibility index (Phi) is 5.60. The fourth-order valence-corrected chi connectivity index (χ4v) is 3.66. The molecule has 0 atom stereocenters. The fourth-order valence-electron chi connectivity index (χ4n) is 2.33. The van der Waals surface area contributed by atoms with E-state index < -0.39 is 10.0 Å². The van der Waals surface area contributed by atoms with Crippen molar-refractivity contribution in [3.63, 3.8) is 0 Å². The lowest BCUT2D eigenvalue weighted by Gasteiger charge is -2.09. The van der Waals surface area contributed by atoms with E-state index >= 15 is 0 Å². The summed E-state index contributed by atoms with van der Waals surface area (Å²) in [7, 11) is -3.69. The van der Waals surface area contributed by atoms with Gasteiger partial charge < -0.3 is 4.74 Å². The van der Waals surface area contributed by atoms with Crippen LogP contribution in [0.25, 0.3) is 5.69 Å². The van der Waals surface area contributed by atoms with Gasteiger partial charge in [-0.2, -0.15) is 0 Å². The number of para-hydroxylation sites is 1. The Hall–Kier alpha value is -2.36. The monoisotopic (exact) mass is 390 g/mol. The molecule has 3 aromatic rings. The molecule has 2 N–H and O–H groups in total. The van der Waals surface area contributed by atoms with Crippen LogP contribution in [0, 0.1) is 6.92 Å². The van der Waals surface area contributed by atoms with Crippen LogP contribution in [0.1, 0.15) is 5.82 Å². The summed E-state index contributed by atoms with van der Waals surface area (Å²) in [4.78, 5) is 0.0608. The quantitative estimate of drug-likeness (QED) is 0.491. The molecule has 0 fully saturated rings. The van der Waals surface area contributed by atoms with E-state index in [0.717, 1.165) is 16.7 Å². The number of nitrogens with two attached hydrogens (primary N) is 1. The highest BCUT2D eigenvalue weighted by molar-refractivity contribution is 7.99. The molecule has 7 nitrogen and oxygen atoms in total. The van der Waals surface area contributed by atoms with E-state index in [-0.39, 0.29) is 4.90 Å². The first-order chi connectivity index (χ1) is 12.4. The summed E-state index contributed by atoms with van der Waals surface area (Å²) < 4.78 is 30.1. The standard InChI is InChI=1S/C17H18N4O3S2/c1-13-19-20-17(21(13)14-5-3-2-4-6-14)25-12-11-24-15-7-9-16(10-8-15)26(18,22)23/h2-10H,11-12H2,1H3,(H2,18,22,23). The van der Waals surface area contributed by atoms with E-state index in [4.69, 9.17) is 9.88 Å². The smallest absolute Gasteiger partial charge is 0.238 e. The second kappa shape index (κ2) is 7.90. The summed E-state index contributed by atoms with van der Waals surface area (Å²) in [6, 6.07) is 15.9. The number of benzene rings is 2. The molecule has 0 aliphatic carbocycles. The van der Waals surface area contributed by atoms with Gasteiger partial charge in [0.15, 0.2) is 5.16 Å². The molecule has 0 saturated carbocycles. The number of ether oxygens (including phenoxy) is 1. The first-order valence-electron chi connectivity index (χ1n) is 7.81. The average Bonchev–Trinajstić information content (AvgIpc) is 3.00.